The standard InChI is InChI=1S/C19H26N2/c1-2-13-11-14-7-8-17-19(9-10-21(12-13)18(14)19)15-5-3-4-6-16(15)20-17/h3-6,13-14,17-18,20H,2,7-12H2,1H3/t13-,14+,17+,18+,19+/m0/s1. The summed E-state index contributed by atoms with van der Waals surface area (Å²) in [5, 5.41) is 3.89. The van der Waals surface area contributed by atoms with Crippen LogP contribution in [0.5, 0.6) is 0 Å². The van der Waals surface area contributed by atoms with E-state index >= 15 is 0 Å². The van der Waals surface area contributed by atoms with E-state index in [0.717, 1.165) is 17.9 Å². The number of anilines is 1. The predicted octanol–water partition coefficient (Wildman–Crippen LogP) is 3.63. The molecule has 1 aliphatic carbocycles. The van der Waals surface area contributed by atoms with Crippen molar-refractivity contribution in [2.45, 2.75) is 56.5 Å². The maximum atomic E-state index is 3.89. The van der Waals surface area contributed by atoms with E-state index in [1.807, 2.05) is 0 Å². The lowest BCUT2D eigenvalue weighted by molar-refractivity contribution is 0.0248. The molecule has 3 aliphatic heterocycles. The number of hydrogen-bond donors (Lipinski definition) is 1. The molecule has 1 saturated carbocycles. The molecule has 5 rings (SSSR count). The van der Waals surface area contributed by atoms with Crippen LogP contribution in [-0.2, 0) is 5.41 Å². The summed E-state index contributed by atoms with van der Waals surface area (Å²) in [4.78, 5) is 2.87. The quantitative estimate of drug-likeness (QED) is 0.846. The van der Waals surface area contributed by atoms with Crippen LogP contribution >= 0.6 is 0 Å². The lowest BCUT2D eigenvalue weighted by atomic mass is 9.59. The maximum absolute atomic E-state index is 3.89. The van der Waals surface area contributed by atoms with Crippen molar-refractivity contribution in [1.29, 1.82) is 0 Å². The van der Waals surface area contributed by atoms with E-state index in [0.29, 0.717) is 11.5 Å². The van der Waals surface area contributed by atoms with Gasteiger partial charge in [-0.2, -0.15) is 0 Å². The summed E-state index contributed by atoms with van der Waals surface area (Å²) in [6.07, 6.45) is 7.03. The molecular formula is C19H26N2. The first kappa shape index (κ1) is 12.5. The van der Waals surface area contributed by atoms with Crippen LogP contribution in [-0.4, -0.2) is 30.1 Å². The molecule has 1 aromatic rings. The monoisotopic (exact) mass is 282 g/mol. The Morgan fingerprint density at radius 2 is 2.19 bits per heavy atom. The van der Waals surface area contributed by atoms with Crippen LogP contribution in [0, 0.1) is 11.8 Å². The zero-order valence-corrected chi connectivity index (χ0v) is 13.0. The molecule has 3 fully saturated rings. The summed E-state index contributed by atoms with van der Waals surface area (Å²) in [6.45, 7) is 5.06. The highest BCUT2D eigenvalue weighted by Crippen LogP contribution is 2.59. The molecule has 2 nitrogen and oxygen atoms in total. The molecule has 1 spiro atoms. The number of benzene rings is 1. The van der Waals surface area contributed by atoms with Gasteiger partial charge in [0.15, 0.2) is 0 Å². The fourth-order valence-corrected chi connectivity index (χ4v) is 6.30. The summed E-state index contributed by atoms with van der Waals surface area (Å²) in [6, 6.07) is 10.7. The Balaban J connectivity index is 1.62. The van der Waals surface area contributed by atoms with Crippen LogP contribution in [0.25, 0.3) is 0 Å². The van der Waals surface area contributed by atoms with Crippen molar-refractivity contribution >= 4 is 5.69 Å². The van der Waals surface area contributed by atoms with Gasteiger partial charge in [0.25, 0.3) is 0 Å². The molecule has 3 heterocycles. The Morgan fingerprint density at radius 1 is 1.29 bits per heavy atom. The van der Waals surface area contributed by atoms with E-state index in [1.165, 1.54) is 50.9 Å². The van der Waals surface area contributed by atoms with Gasteiger partial charge in [-0.1, -0.05) is 31.5 Å². The van der Waals surface area contributed by atoms with Crippen LogP contribution < -0.4 is 5.32 Å². The first-order chi connectivity index (χ1) is 10.3. The van der Waals surface area contributed by atoms with E-state index in [-0.39, 0.29) is 0 Å². The van der Waals surface area contributed by atoms with Crippen molar-refractivity contribution < 1.29 is 0 Å². The summed E-state index contributed by atoms with van der Waals surface area (Å²) >= 11 is 0. The molecule has 0 amide bonds. The van der Waals surface area contributed by atoms with E-state index in [9.17, 15) is 0 Å². The van der Waals surface area contributed by atoms with Gasteiger partial charge in [-0.05, 0) is 55.7 Å². The molecule has 21 heavy (non-hydrogen) atoms. The van der Waals surface area contributed by atoms with Gasteiger partial charge in [0.05, 0.1) is 0 Å². The molecule has 2 heteroatoms. The van der Waals surface area contributed by atoms with Gasteiger partial charge in [-0.25, -0.2) is 0 Å². The van der Waals surface area contributed by atoms with Crippen LogP contribution in [0.4, 0.5) is 5.69 Å². The topological polar surface area (TPSA) is 15.3 Å². The SMILES string of the molecule is CC[C@H]1C[C@H]2CC[C@H]3Nc4ccccc4[C@]34CCN(C1)[C@H]24. The lowest BCUT2D eigenvalue weighted by Gasteiger charge is -2.52. The van der Waals surface area contributed by atoms with E-state index < -0.39 is 0 Å². The average molecular weight is 282 g/mol. The molecule has 0 bridgehead atoms. The second-order valence-electron chi connectivity index (χ2n) is 7.82. The minimum atomic E-state index is 0.429. The minimum absolute atomic E-state index is 0.429. The van der Waals surface area contributed by atoms with Crippen molar-refractivity contribution in [3.8, 4) is 0 Å². The zero-order chi connectivity index (χ0) is 14.0. The molecule has 5 atom stereocenters. The third kappa shape index (κ3) is 1.47. The second kappa shape index (κ2) is 4.25. The largest absolute Gasteiger partial charge is 0.381 e. The number of hydrogen-bond acceptors (Lipinski definition) is 2. The Morgan fingerprint density at radius 3 is 3.10 bits per heavy atom. The summed E-state index contributed by atoms with van der Waals surface area (Å²) in [5.41, 5.74) is 3.50. The van der Waals surface area contributed by atoms with E-state index in [4.69, 9.17) is 0 Å². The highest BCUT2D eigenvalue weighted by atomic mass is 15.2. The number of nitrogens with one attached hydrogen (secondary N) is 1. The molecule has 0 aromatic heterocycles. The number of nitrogens with zero attached hydrogens (tertiary/aromatic N) is 1. The zero-order valence-electron chi connectivity index (χ0n) is 13.0. The smallest absolute Gasteiger partial charge is 0.0382 e. The number of piperidine rings is 1. The van der Waals surface area contributed by atoms with Gasteiger partial charge in [0.2, 0.25) is 0 Å². The normalized spacial score (nSPS) is 43.9. The van der Waals surface area contributed by atoms with Gasteiger partial charge in [-0.15, -0.1) is 0 Å². The highest BCUT2D eigenvalue weighted by molar-refractivity contribution is 5.64. The fourth-order valence-electron chi connectivity index (χ4n) is 6.30. The first-order valence-electron chi connectivity index (χ1n) is 8.93. The Bertz CT molecular complexity index is 568. The Kier molecular flexibility index (Phi) is 2.54. The van der Waals surface area contributed by atoms with Crippen molar-refractivity contribution in [3.63, 3.8) is 0 Å². The Hall–Kier alpha value is -1.02. The van der Waals surface area contributed by atoms with Crippen LogP contribution in [0.2, 0.25) is 0 Å². The molecule has 2 saturated heterocycles. The predicted molar refractivity (Wildman–Crippen MR) is 86.6 cm³/mol. The molecular weight excluding hydrogens is 256 g/mol. The van der Waals surface area contributed by atoms with Crippen molar-refractivity contribution in [1.82, 2.24) is 4.90 Å². The van der Waals surface area contributed by atoms with Crippen molar-refractivity contribution in [3.05, 3.63) is 29.8 Å². The highest BCUT2D eigenvalue weighted by Gasteiger charge is 2.62. The van der Waals surface area contributed by atoms with Crippen LogP contribution in [0.15, 0.2) is 24.3 Å². The first-order valence-corrected chi connectivity index (χ1v) is 8.93. The molecule has 0 radical (unpaired) electrons. The molecule has 112 valence electrons. The number of rotatable bonds is 1. The minimum Gasteiger partial charge on any atom is -0.381 e. The maximum Gasteiger partial charge on any atom is 0.0382 e. The van der Waals surface area contributed by atoms with Gasteiger partial charge >= 0.3 is 0 Å². The number of para-hydroxylation sites is 1. The fraction of sp³-hybridized carbons (Fsp3) is 0.684. The van der Waals surface area contributed by atoms with Gasteiger partial charge in [0.1, 0.15) is 0 Å². The van der Waals surface area contributed by atoms with Gasteiger partial charge in [0, 0.05) is 29.7 Å². The van der Waals surface area contributed by atoms with E-state index in [1.54, 1.807) is 5.56 Å². The van der Waals surface area contributed by atoms with Crippen LogP contribution in [0.1, 0.15) is 44.6 Å². The van der Waals surface area contributed by atoms with Crippen LogP contribution in [0.3, 0.4) is 0 Å². The molecule has 0 unspecified atom stereocenters. The molecule has 1 N–H and O–H groups in total. The third-order valence-corrected chi connectivity index (χ3v) is 7.09. The molecule has 4 aliphatic rings. The van der Waals surface area contributed by atoms with Crippen molar-refractivity contribution in [2.75, 3.05) is 18.4 Å². The molecule has 1 aromatic carbocycles. The Labute approximate surface area is 127 Å². The van der Waals surface area contributed by atoms with Gasteiger partial charge < -0.3 is 5.32 Å². The lowest BCUT2D eigenvalue weighted by Crippen LogP contribution is -2.59. The summed E-state index contributed by atoms with van der Waals surface area (Å²) in [5.74, 6) is 1.89. The van der Waals surface area contributed by atoms with Gasteiger partial charge in [-0.3, -0.25) is 4.90 Å². The third-order valence-electron chi connectivity index (χ3n) is 7.09. The number of fused-ring (bicyclic) bond motifs is 1. The second-order valence-corrected chi connectivity index (χ2v) is 7.82. The van der Waals surface area contributed by atoms with Crippen molar-refractivity contribution in [2.24, 2.45) is 11.8 Å². The summed E-state index contributed by atoms with van der Waals surface area (Å²) in [7, 11) is 0. The summed E-state index contributed by atoms with van der Waals surface area (Å²) < 4.78 is 0. The van der Waals surface area contributed by atoms with E-state index in [2.05, 4.69) is 41.4 Å². The average Bonchev–Trinajstić information content (AvgIpc) is 3.07.